The summed E-state index contributed by atoms with van der Waals surface area (Å²) in [5.41, 5.74) is 2.00. The van der Waals surface area contributed by atoms with Crippen LogP contribution in [-0.2, 0) is 11.3 Å². The number of benzene rings is 1. The monoisotopic (exact) mass is 567 g/mol. The van der Waals surface area contributed by atoms with Gasteiger partial charge in [-0.15, -0.1) is 35.3 Å². The van der Waals surface area contributed by atoms with Gasteiger partial charge in [-0.2, -0.15) is 0 Å². The van der Waals surface area contributed by atoms with Crippen molar-refractivity contribution in [3.8, 4) is 0 Å². The molecule has 32 heavy (non-hydrogen) atoms. The number of nitrogens with one attached hydrogen (secondary N) is 3. The first-order valence-electron chi connectivity index (χ1n) is 11.4. The van der Waals surface area contributed by atoms with Gasteiger partial charge in [0, 0.05) is 44.3 Å². The highest BCUT2D eigenvalue weighted by atomic mass is 127. The molecule has 0 atom stereocenters. The Morgan fingerprint density at radius 1 is 1.12 bits per heavy atom. The zero-order valence-electron chi connectivity index (χ0n) is 18.7. The van der Waals surface area contributed by atoms with Crippen molar-refractivity contribution in [2.24, 2.45) is 10.9 Å². The summed E-state index contributed by atoms with van der Waals surface area (Å²) < 4.78 is 0. The highest BCUT2D eigenvalue weighted by Gasteiger charge is 2.23. The molecule has 2 fully saturated rings. The molecule has 1 amide bonds. The topological polar surface area (TPSA) is 68.8 Å². The van der Waals surface area contributed by atoms with Crippen LogP contribution < -0.4 is 20.9 Å². The molecule has 1 aliphatic heterocycles. The third-order valence-corrected chi connectivity index (χ3v) is 7.19. The lowest BCUT2D eigenvalue weighted by Crippen LogP contribution is -2.48. The molecule has 1 aromatic carbocycles. The standard InChI is InChI=1S/C24H33N5OS.HI/c1-25-24(28-20-11-13-29(14-12-20)22-10-5-15-31-22)26-17-18-6-4-9-21(16-18)27-23(30)19-7-2-3-8-19;/h4-6,9-10,15-16,19-20H,2-3,7-8,11-14,17H2,1H3,(H,27,30)(H2,25,26,28);1H. The van der Waals surface area contributed by atoms with E-state index in [0.717, 1.165) is 56.0 Å². The molecule has 2 heterocycles. The van der Waals surface area contributed by atoms with Crippen molar-refractivity contribution in [2.45, 2.75) is 51.1 Å². The summed E-state index contributed by atoms with van der Waals surface area (Å²) in [6, 6.07) is 12.8. The second kappa shape index (κ2) is 12.4. The highest BCUT2D eigenvalue weighted by molar-refractivity contribution is 14.0. The molecule has 0 bridgehead atoms. The van der Waals surface area contributed by atoms with E-state index in [4.69, 9.17) is 0 Å². The van der Waals surface area contributed by atoms with Crippen molar-refractivity contribution < 1.29 is 4.79 Å². The van der Waals surface area contributed by atoms with E-state index in [0.29, 0.717) is 12.6 Å². The molecule has 0 spiro atoms. The molecule has 1 aromatic heterocycles. The molecule has 8 heteroatoms. The van der Waals surface area contributed by atoms with Crippen molar-refractivity contribution in [3.05, 3.63) is 47.3 Å². The van der Waals surface area contributed by atoms with Gasteiger partial charge >= 0.3 is 0 Å². The fourth-order valence-corrected chi connectivity index (χ4v) is 5.24. The van der Waals surface area contributed by atoms with Crippen LogP contribution in [0, 0.1) is 5.92 Å². The summed E-state index contributed by atoms with van der Waals surface area (Å²) in [7, 11) is 1.81. The van der Waals surface area contributed by atoms with Gasteiger partial charge in [0.15, 0.2) is 5.96 Å². The van der Waals surface area contributed by atoms with Crippen LogP contribution in [0.3, 0.4) is 0 Å². The smallest absolute Gasteiger partial charge is 0.227 e. The molecule has 6 nitrogen and oxygen atoms in total. The van der Waals surface area contributed by atoms with Gasteiger partial charge in [0.2, 0.25) is 5.91 Å². The Balaban J connectivity index is 0.00000289. The van der Waals surface area contributed by atoms with E-state index in [9.17, 15) is 4.79 Å². The third-order valence-electron chi connectivity index (χ3n) is 6.26. The normalized spacial score (nSPS) is 17.7. The second-order valence-electron chi connectivity index (χ2n) is 8.45. The molecule has 0 radical (unpaired) electrons. The number of guanidine groups is 1. The maximum atomic E-state index is 12.4. The number of hydrogen-bond donors (Lipinski definition) is 3. The van der Waals surface area contributed by atoms with E-state index in [1.807, 2.05) is 36.6 Å². The average Bonchev–Trinajstić information content (AvgIpc) is 3.52. The lowest BCUT2D eigenvalue weighted by molar-refractivity contribution is -0.119. The Morgan fingerprint density at radius 2 is 1.91 bits per heavy atom. The van der Waals surface area contributed by atoms with E-state index >= 15 is 0 Å². The average molecular weight is 568 g/mol. The van der Waals surface area contributed by atoms with Crippen LogP contribution in [0.1, 0.15) is 44.1 Å². The van der Waals surface area contributed by atoms with Gasteiger partial charge < -0.3 is 20.9 Å². The lowest BCUT2D eigenvalue weighted by Gasteiger charge is -2.33. The van der Waals surface area contributed by atoms with Gasteiger partial charge in [-0.25, -0.2) is 0 Å². The van der Waals surface area contributed by atoms with Crippen LogP contribution in [-0.4, -0.2) is 38.0 Å². The van der Waals surface area contributed by atoms with Crippen molar-refractivity contribution >= 4 is 57.9 Å². The summed E-state index contributed by atoms with van der Waals surface area (Å²) in [4.78, 5) is 19.3. The number of carbonyl (C=O) groups excluding carboxylic acids is 1. The number of hydrogen-bond acceptors (Lipinski definition) is 4. The van der Waals surface area contributed by atoms with Crippen LogP contribution >= 0.6 is 35.3 Å². The van der Waals surface area contributed by atoms with Crippen molar-refractivity contribution in [1.82, 2.24) is 10.6 Å². The Kier molecular flexibility index (Phi) is 9.65. The number of carbonyl (C=O) groups is 1. The summed E-state index contributed by atoms with van der Waals surface area (Å²) in [5.74, 6) is 1.17. The molecule has 3 N–H and O–H groups in total. The molecule has 4 rings (SSSR count). The zero-order valence-corrected chi connectivity index (χ0v) is 21.8. The Hall–Kier alpha value is -1.81. The Morgan fingerprint density at radius 3 is 2.59 bits per heavy atom. The highest BCUT2D eigenvalue weighted by Crippen LogP contribution is 2.26. The Labute approximate surface area is 212 Å². The minimum Gasteiger partial charge on any atom is -0.363 e. The maximum Gasteiger partial charge on any atom is 0.227 e. The number of halogens is 1. The van der Waals surface area contributed by atoms with Gasteiger partial charge in [0.05, 0.1) is 5.00 Å². The summed E-state index contributed by atoms with van der Waals surface area (Å²) in [6.07, 6.45) is 6.56. The lowest BCUT2D eigenvalue weighted by atomic mass is 10.1. The fourth-order valence-electron chi connectivity index (χ4n) is 4.46. The molecule has 0 unspecified atom stereocenters. The van der Waals surface area contributed by atoms with E-state index in [1.54, 1.807) is 0 Å². The zero-order chi connectivity index (χ0) is 21.5. The first-order valence-corrected chi connectivity index (χ1v) is 12.2. The predicted octanol–water partition coefficient (Wildman–Crippen LogP) is 4.83. The van der Waals surface area contributed by atoms with Crippen LogP contribution in [0.25, 0.3) is 0 Å². The molecule has 1 aliphatic carbocycles. The van der Waals surface area contributed by atoms with Crippen LogP contribution in [0.2, 0.25) is 0 Å². The van der Waals surface area contributed by atoms with Crippen LogP contribution in [0.15, 0.2) is 46.8 Å². The summed E-state index contributed by atoms with van der Waals surface area (Å²) in [5, 5.41) is 13.6. The minimum absolute atomic E-state index is 0. The molecule has 174 valence electrons. The first-order chi connectivity index (χ1) is 15.2. The number of nitrogens with zero attached hydrogens (tertiary/aromatic N) is 2. The van der Waals surface area contributed by atoms with Crippen LogP contribution in [0.4, 0.5) is 10.7 Å². The third kappa shape index (κ3) is 6.84. The van der Waals surface area contributed by atoms with Gasteiger partial charge in [0.25, 0.3) is 0 Å². The number of anilines is 2. The Bertz CT molecular complexity index is 874. The fraction of sp³-hybridized carbons (Fsp3) is 0.500. The molecule has 2 aliphatic rings. The molecular weight excluding hydrogens is 533 g/mol. The number of aliphatic imine (C=N–C) groups is 1. The number of piperidine rings is 1. The largest absolute Gasteiger partial charge is 0.363 e. The van der Waals surface area contributed by atoms with E-state index in [-0.39, 0.29) is 35.8 Å². The van der Waals surface area contributed by atoms with Crippen LogP contribution in [0.5, 0.6) is 0 Å². The number of rotatable bonds is 6. The van der Waals surface area contributed by atoms with Gasteiger partial charge in [-0.05, 0) is 60.9 Å². The number of thiophene rings is 1. The maximum absolute atomic E-state index is 12.4. The van der Waals surface area contributed by atoms with Crippen molar-refractivity contribution in [1.29, 1.82) is 0 Å². The van der Waals surface area contributed by atoms with Gasteiger partial charge in [-0.3, -0.25) is 9.79 Å². The predicted molar refractivity (Wildman–Crippen MR) is 145 cm³/mol. The minimum atomic E-state index is 0. The number of amides is 1. The summed E-state index contributed by atoms with van der Waals surface area (Å²) >= 11 is 1.81. The molecule has 1 saturated carbocycles. The van der Waals surface area contributed by atoms with E-state index < -0.39 is 0 Å². The van der Waals surface area contributed by atoms with E-state index in [2.05, 4.69) is 49.4 Å². The quantitative estimate of drug-likeness (QED) is 0.266. The molecular formula is C24H34IN5OS. The van der Waals surface area contributed by atoms with Crippen molar-refractivity contribution in [2.75, 3.05) is 30.4 Å². The van der Waals surface area contributed by atoms with Gasteiger partial charge in [-0.1, -0.05) is 25.0 Å². The van der Waals surface area contributed by atoms with Gasteiger partial charge in [0.1, 0.15) is 0 Å². The molecule has 1 saturated heterocycles. The van der Waals surface area contributed by atoms with E-state index in [1.165, 1.54) is 17.8 Å². The van der Waals surface area contributed by atoms with Crippen molar-refractivity contribution in [3.63, 3.8) is 0 Å². The second-order valence-corrected chi connectivity index (χ2v) is 9.38. The molecule has 2 aromatic rings. The first kappa shape index (κ1) is 24.8. The SMILES string of the molecule is CN=C(NCc1cccc(NC(=O)C2CCCC2)c1)NC1CCN(c2cccs2)CC1.I. The summed E-state index contributed by atoms with van der Waals surface area (Å²) in [6.45, 7) is 2.80.